The fourth-order valence-corrected chi connectivity index (χ4v) is 5.93. The number of benzene rings is 2. The molecule has 3 rings (SSSR count). The maximum atomic E-state index is 11.9. The molecule has 30 heavy (non-hydrogen) atoms. The molecule has 0 radical (unpaired) electrons. The van der Waals surface area contributed by atoms with Crippen molar-refractivity contribution in [3.63, 3.8) is 0 Å². The number of carbonyl (C=O) groups is 1. The van der Waals surface area contributed by atoms with E-state index in [0.717, 1.165) is 5.75 Å². The second-order valence-corrected chi connectivity index (χ2v) is 11.7. The second kappa shape index (κ2) is 9.34. The van der Waals surface area contributed by atoms with Gasteiger partial charge in [0.1, 0.15) is 0 Å². The van der Waals surface area contributed by atoms with E-state index < -0.39 is 0 Å². The van der Waals surface area contributed by atoms with Gasteiger partial charge in [0.05, 0.1) is 0 Å². The number of alkyl halides is 1. The van der Waals surface area contributed by atoms with E-state index >= 15 is 0 Å². The summed E-state index contributed by atoms with van der Waals surface area (Å²) >= 11 is 5.97. The van der Waals surface area contributed by atoms with Crippen molar-refractivity contribution in [2.24, 2.45) is 0 Å². The Balaban J connectivity index is 1.98. The molecule has 0 fully saturated rings. The molecule has 2 aromatic carbocycles. The van der Waals surface area contributed by atoms with Crippen molar-refractivity contribution in [3.8, 4) is 5.75 Å². The summed E-state index contributed by atoms with van der Waals surface area (Å²) in [7, 11) is 0. The molecule has 0 aromatic heterocycles. The Morgan fingerprint density at radius 3 is 2.20 bits per heavy atom. The molecule has 0 aliphatic heterocycles. The van der Waals surface area contributed by atoms with Crippen LogP contribution >= 0.6 is 11.6 Å². The van der Waals surface area contributed by atoms with Crippen LogP contribution in [0.15, 0.2) is 36.4 Å². The fraction of sp³-hybridized carbons (Fsp3) is 0.480. The number of rotatable bonds is 7. The van der Waals surface area contributed by atoms with Crippen molar-refractivity contribution in [2.75, 3.05) is 19.1 Å². The molecular formula is C25H31ClO3Se. The van der Waals surface area contributed by atoms with Crippen molar-refractivity contribution in [1.82, 2.24) is 0 Å². The summed E-state index contributed by atoms with van der Waals surface area (Å²) in [6, 6.07) is 12.4. The number of hydrogen-bond donors (Lipinski definition) is 0. The van der Waals surface area contributed by atoms with Crippen molar-refractivity contribution < 1.29 is 14.3 Å². The normalized spacial score (nSPS) is 16.6. The average Bonchev–Trinajstić information content (AvgIpc) is 2.71. The molecule has 2 aromatic rings. The molecule has 5 heteroatoms. The van der Waals surface area contributed by atoms with Crippen LogP contribution in [0.25, 0.3) is 0 Å². The Kier molecular flexibility index (Phi) is 7.22. The Morgan fingerprint density at radius 2 is 1.63 bits per heavy atom. The van der Waals surface area contributed by atoms with Crippen molar-refractivity contribution in [2.45, 2.75) is 58.3 Å². The summed E-state index contributed by atoms with van der Waals surface area (Å²) < 4.78 is 13.6. The van der Waals surface area contributed by atoms with E-state index in [-0.39, 0.29) is 31.8 Å². The predicted molar refractivity (Wildman–Crippen MR) is 125 cm³/mol. The van der Waals surface area contributed by atoms with Gasteiger partial charge in [-0.2, -0.15) is 0 Å². The van der Waals surface area contributed by atoms with E-state index in [4.69, 9.17) is 21.1 Å². The van der Waals surface area contributed by atoms with Gasteiger partial charge in [-0.3, -0.25) is 0 Å². The van der Waals surface area contributed by atoms with Crippen LogP contribution in [0.4, 0.5) is 0 Å². The summed E-state index contributed by atoms with van der Waals surface area (Å²) in [6.45, 7) is 12.0. The number of ether oxygens (including phenoxy) is 2. The summed E-state index contributed by atoms with van der Waals surface area (Å²) in [5.41, 5.74) is 3.69. The quantitative estimate of drug-likeness (QED) is 0.324. The Labute approximate surface area is 191 Å². The van der Waals surface area contributed by atoms with Crippen LogP contribution in [-0.4, -0.2) is 40.0 Å². The summed E-state index contributed by atoms with van der Waals surface area (Å²) in [4.78, 5) is 11.9. The van der Waals surface area contributed by atoms with Gasteiger partial charge in [0.25, 0.3) is 0 Å². The van der Waals surface area contributed by atoms with Gasteiger partial charge in [-0.15, -0.1) is 0 Å². The van der Waals surface area contributed by atoms with Gasteiger partial charge in [-0.25, -0.2) is 0 Å². The molecule has 0 saturated carbocycles. The fourth-order valence-electron chi connectivity index (χ4n) is 3.92. The van der Waals surface area contributed by atoms with E-state index in [1.807, 2.05) is 31.2 Å². The van der Waals surface area contributed by atoms with Crippen LogP contribution in [0.5, 0.6) is 5.75 Å². The molecule has 0 atom stereocenters. The first kappa shape index (κ1) is 23.2. The van der Waals surface area contributed by atoms with E-state index in [0.29, 0.717) is 24.7 Å². The molecule has 0 unspecified atom stereocenters. The first-order valence-corrected chi connectivity index (χ1v) is 12.8. The summed E-state index contributed by atoms with van der Waals surface area (Å²) in [5.74, 6) is 1.13. The Bertz CT molecular complexity index is 903. The monoisotopic (exact) mass is 494 g/mol. The summed E-state index contributed by atoms with van der Waals surface area (Å²) in [5, 5.41) is 0. The van der Waals surface area contributed by atoms with Gasteiger partial charge in [0, 0.05) is 0 Å². The molecular weight excluding hydrogens is 463 g/mol. The minimum atomic E-state index is -0.277. The van der Waals surface area contributed by atoms with Gasteiger partial charge in [-0.1, -0.05) is 0 Å². The number of fused-ring (bicyclic) bond motifs is 1. The van der Waals surface area contributed by atoms with Gasteiger partial charge >= 0.3 is 192 Å². The molecule has 0 amide bonds. The number of esters is 1. The van der Waals surface area contributed by atoms with E-state index in [1.165, 1.54) is 32.9 Å². The van der Waals surface area contributed by atoms with E-state index in [9.17, 15) is 4.79 Å². The van der Waals surface area contributed by atoms with E-state index in [2.05, 4.69) is 39.8 Å². The van der Waals surface area contributed by atoms with Gasteiger partial charge < -0.3 is 0 Å². The topological polar surface area (TPSA) is 35.5 Å². The summed E-state index contributed by atoms with van der Waals surface area (Å²) in [6.07, 6.45) is 2.34. The molecule has 0 saturated heterocycles. The molecule has 0 bridgehead atoms. The molecule has 1 aliphatic rings. The maximum absolute atomic E-state index is 11.9. The zero-order valence-corrected chi connectivity index (χ0v) is 21.0. The van der Waals surface area contributed by atoms with Crippen LogP contribution in [0.1, 0.15) is 68.9 Å². The minimum absolute atomic E-state index is 0.0571. The molecule has 0 N–H and O–H groups in total. The number of hydrogen-bond acceptors (Lipinski definition) is 3. The van der Waals surface area contributed by atoms with Gasteiger partial charge in [0.2, 0.25) is 0 Å². The molecule has 162 valence electrons. The number of halogens is 1. The van der Waals surface area contributed by atoms with Crippen LogP contribution < -0.4 is 13.7 Å². The Morgan fingerprint density at radius 1 is 1.03 bits per heavy atom. The number of carbonyl (C=O) groups excluding carboxylic acids is 1. The van der Waals surface area contributed by atoms with Crippen LogP contribution in [-0.2, 0) is 15.6 Å². The van der Waals surface area contributed by atoms with E-state index in [1.54, 1.807) is 0 Å². The molecule has 3 nitrogen and oxygen atoms in total. The van der Waals surface area contributed by atoms with Crippen LogP contribution in [0, 0.1) is 0 Å². The zero-order valence-electron chi connectivity index (χ0n) is 18.5. The first-order chi connectivity index (χ1) is 14.2. The molecule has 0 spiro atoms. The van der Waals surface area contributed by atoms with Gasteiger partial charge in [0.15, 0.2) is 0 Å². The van der Waals surface area contributed by atoms with Crippen molar-refractivity contribution in [1.29, 1.82) is 0 Å². The van der Waals surface area contributed by atoms with Crippen LogP contribution in [0.2, 0.25) is 0 Å². The van der Waals surface area contributed by atoms with Gasteiger partial charge in [-0.05, 0) is 0 Å². The predicted octanol–water partition coefficient (Wildman–Crippen LogP) is 4.48. The third-order valence-corrected chi connectivity index (χ3v) is 8.20. The zero-order chi connectivity index (χ0) is 21.9. The van der Waals surface area contributed by atoms with Crippen LogP contribution in [0.3, 0.4) is 0 Å². The van der Waals surface area contributed by atoms with Crippen molar-refractivity contribution in [3.05, 3.63) is 53.1 Å². The molecule has 0 heterocycles. The third kappa shape index (κ3) is 5.04. The average molecular weight is 494 g/mol. The third-order valence-electron chi connectivity index (χ3n) is 5.85. The standard InChI is InChI=1S/C25H31ClO3Se/c1-6-28-23(27)17-7-9-18(10-8-17)30-22-16-20-19(15-21(22)29-14-13-26)24(2,3)11-12-25(20,4)5/h7-10,15-16H,6,11-14H2,1-5H3. The first-order valence-electron chi connectivity index (χ1n) is 10.5. The Hall–Kier alpha value is -1.48. The SMILES string of the molecule is CCOC(=O)c1ccc([Se]c2cc3c(cc2OCCCl)C(C)(C)CCC3(C)C)cc1. The second-order valence-electron chi connectivity index (χ2n) is 9.00. The van der Waals surface area contributed by atoms with Crippen molar-refractivity contribution >= 4 is 41.5 Å². The molecule has 1 aliphatic carbocycles.